The van der Waals surface area contributed by atoms with E-state index in [9.17, 15) is 4.79 Å². The molecule has 0 unspecified atom stereocenters. The number of methoxy groups -OCH3 is 3. The molecule has 1 aromatic heterocycles. The number of ether oxygens (including phenoxy) is 3. The molecular weight excluding hydrogens is 272 g/mol. The summed E-state index contributed by atoms with van der Waals surface area (Å²) in [6, 6.07) is 1.78. The first kappa shape index (κ1) is 15.6. The van der Waals surface area contributed by atoms with E-state index in [0.29, 0.717) is 18.0 Å². The maximum absolute atomic E-state index is 11.5. The van der Waals surface area contributed by atoms with Gasteiger partial charge in [0.05, 0.1) is 27.2 Å². The van der Waals surface area contributed by atoms with Gasteiger partial charge in [-0.2, -0.15) is 0 Å². The van der Waals surface area contributed by atoms with Crippen LogP contribution in [0.2, 0.25) is 0 Å². The van der Waals surface area contributed by atoms with E-state index in [1.165, 1.54) is 7.11 Å². The van der Waals surface area contributed by atoms with Crippen LogP contribution in [0.3, 0.4) is 0 Å². The van der Waals surface area contributed by atoms with Crippen LogP contribution in [0.4, 0.5) is 0 Å². The van der Waals surface area contributed by atoms with Crippen molar-refractivity contribution < 1.29 is 19.0 Å². The highest BCUT2D eigenvalue weighted by Crippen LogP contribution is 2.30. The molecule has 1 aliphatic heterocycles. The smallest absolute Gasteiger partial charge is 0.308 e. The van der Waals surface area contributed by atoms with Crippen LogP contribution in [-0.4, -0.2) is 50.3 Å². The summed E-state index contributed by atoms with van der Waals surface area (Å²) in [5, 5.41) is 0. The summed E-state index contributed by atoms with van der Waals surface area (Å²) in [5.74, 6) is 1.28. The lowest BCUT2D eigenvalue weighted by molar-refractivity contribution is -0.147. The molecule has 6 heteroatoms. The molecule has 0 N–H and O–H groups in total. The first-order chi connectivity index (χ1) is 10.2. The van der Waals surface area contributed by atoms with E-state index in [1.54, 1.807) is 26.5 Å². The Morgan fingerprint density at radius 2 is 2.00 bits per heavy atom. The van der Waals surface area contributed by atoms with Gasteiger partial charge in [-0.25, -0.2) is 0 Å². The number of hydrogen-bond acceptors (Lipinski definition) is 6. The number of hydrogen-bond donors (Lipinski definition) is 0. The molecule has 1 fully saturated rings. The predicted octanol–water partition coefficient (Wildman–Crippen LogP) is 1.48. The lowest BCUT2D eigenvalue weighted by atomic mass is 9.97. The fraction of sp³-hybridized carbons (Fsp3) is 0.600. The van der Waals surface area contributed by atoms with E-state index in [1.807, 2.05) is 0 Å². The van der Waals surface area contributed by atoms with Crippen LogP contribution in [0.5, 0.6) is 11.5 Å². The first-order valence-corrected chi connectivity index (χ1v) is 7.05. The Morgan fingerprint density at radius 3 is 2.57 bits per heavy atom. The Morgan fingerprint density at radius 1 is 1.29 bits per heavy atom. The van der Waals surface area contributed by atoms with Crippen LogP contribution in [0.15, 0.2) is 12.3 Å². The quantitative estimate of drug-likeness (QED) is 0.767. The number of carbonyl (C=O) groups excluding carboxylic acids is 1. The van der Waals surface area contributed by atoms with Gasteiger partial charge in [0.1, 0.15) is 5.69 Å². The molecule has 21 heavy (non-hydrogen) atoms. The molecule has 1 aliphatic rings. The largest absolute Gasteiger partial charge is 0.493 e. The lowest BCUT2D eigenvalue weighted by Crippen LogP contribution is -2.36. The zero-order valence-electron chi connectivity index (χ0n) is 12.8. The summed E-state index contributed by atoms with van der Waals surface area (Å²) in [4.78, 5) is 18.2. The van der Waals surface area contributed by atoms with Gasteiger partial charge in [-0.05, 0) is 25.9 Å². The predicted molar refractivity (Wildman–Crippen MR) is 77.4 cm³/mol. The fourth-order valence-electron chi connectivity index (χ4n) is 2.67. The zero-order chi connectivity index (χ0) is 15.2. The Hall–Kier alpha value is -1.82. The summed E-state index contributed by atoms with van der Waals surface area (Å²) in [5.41, 5.74) is 0.855. The summed E-state index contributed by atoms with van der Waals surface area (Å²) >= 11 is 0. The minimum Gasteiger partial charge on any atom is -0.493 e. The van der Waals surface area contributed by atoms with Crippen molar-refractivity contribution in [2.75, 3.05) is 34.4 Å². The molecular formula is C15H22N2O4. The van der Waals surface area contributed by atoms with Crippen LogP contribution >= 0.6 is 0 Å². The second kappa shape index (κ2) is 7.26. The molecule has 2 heterocycles. The van der Waals surface area contributed by atoms with Gasteiger partial charge in [-0.15, -0.1) is 0 Å². The summed E-state index contributed by atoms with van der Waals surface area (Å²) in [7, 11) is 4.68. The fourth-order valence-corrected chi connectivity index (χ4v) is 2.67. The van der Waals surface area contributed by atoms with Gasteiger partial charge in [0.2, 0.25) is 0 Å². The lowest BCUT2D eigenvalue weighted by Gasteiger charge is -2.30. The topological polar surface area (TPSA) is 60.9 Å². The maximum Gasteiger partial charge on any atom is 0.308 e. The normalized spacial score (nSPS) is 16.5. The number of nitrogens with zero attached hydrogens (tertiary/aromatic N) is 2. The molecule has 0 amide bonds. The van der Waals surface area contributed by atoms with Gasteiger partial charge in [-0.1, -0.05) is 0 Å². The minimum absolute atomic E-state index is 0.0198. The Balaban J connectivity index is 1.99. The number of carbonyl (C=O) groups is 1. The van der Waals surface area contributed by atoms with E-state index >= 15 is 0 Å². The number of aromatic nitrogens is 1. The Bertz CT molecular complexity index is 485. The van der Waals surface area contributed by atoms with Crippen LogP contribution < -0.4 is 9.47 Å². The van der Waals surface area contributed by atoms with Gasteiger partial charge in [0, 0.05) is 18.8 Å². The number of likely N-dealkylation sites (tertiary alicyclic amines) is 1. The average Bonchev–Trinajstić information content (AvgIpc) is 2.54. The van der Waals surface area contributed by atoms with Crippen LogP contribution in [0, 0.1) is 5.92 Å². The third-order valence-electron chi connectivity index (χ3n) is 3.86. The van der Waals surface area contributed by atoms with Crippen LogP contribution in [-0.2, 0) is 16.1 Å². The molecule has 2 rings (SSSR count). The van der Waals surface area contributed by atoms with Crippen molar-refractivity contribution in [2.24, 2.45) is 5.92 Å². The summed E-state index contributed by atoms with van der Waals surface area (Å²) in [6.45, 7) is 2.39. The highest BCUT2D eigenvalue weighted by molar-refractivity contribution is 5.72. The highest BCUT2D eigenvalue weighted by Gasteiger charge is 2.26. The van der Waals surface area contributed by atoms with E-state index in [4.69, 9.17) is 14.2 Å². The third kappa shape index (κ3) is 3.64. The third-order valence-corrected chi connectivity index (χ3v) is 3.86. The molecule has 1 saturated heterocycles. The second-order valence-electron chi connectivity index (χ2n) is 5.07. The van der Waals surface area contributed by atoms with E-state index in [2.05, 4.69) is 9.88 Å². The van der Waals surface area contributed by atoms with Gasteiger partial charge in [0.25, 0.3) is 0 Å². The SMILES string of the molecule is COC(=O)C1CCN(Cc2nccc(OC)c2OC)CC1. The Labute approximate surface area is 125 Å². The first-order valence-electron chi connectivity index (χ1n) is 7.05. The van der Waals surface area contributed by atoms with Crippen molar-refractivity contribution in [3.05, 3.63) is 18.0 Å². The minimum atomic E-state index is -0.105. The molecule has 116 valence electrons. The Kier molecular flexibility index (Phi) is 5.38. The molecule has 6 nitrogen and oxygen atoms in total. The summed E-state index contributed by atoms with van der Waals surface area (Å²) in [6.07, 6.45) is 3.36. The molecule has 0 aromatic carbocycles. The maximum atomic E-state index is 11.5. The van der Waals surface area contributed by atoms with Crippen molar-refractivity contribution in [1.82, 2.24) is 9.88 Å². The zero-order valence-corrected chi connectivity index (χ0v) is 12.8. The number of esters is 1. The molecule has 0 spiro atoms. The van der Waals surface area contributed by atoms with Gasteiger partial charge < -0.3 is 14.2 Å². The number of rotatable bonds is 5. The average molecular weight is 294 g/mol. The van der Waals surface area contributed by atoms with E-state index < -0.39 is 0 Å². The molecule has 0 aliphatic carbocycles. The standard InChI is InChI=1S/C15H22N2O4/c1-19-13-4-7-16-12(14(13)20-2)10-17-8-5-11(6-9-17)15(18)21-3/h4,7,11H,5-6,8-10H2,1-3H3. The molecule has 0 bridgehead atoms. The monoisotopic (exact) mass is 294 g/mol. The second-order valence-corrected chi connectivity index (χ2v) is 5.07. The van der Waals surface area contributed by atoms with Crippen molar-refractivity contribution in [1.29, 1.82) is 0 Å². The van der Waals surface area contributed by atoms with Crippen LogP contribution in [0.1, 0.15) is 18.5 Å². The molecule has 0 radical (unpaired) electrons. The molecule has 0 atom stereocenters. The van der Waals surface area contributed by atoms with Gasteiger partial charge in [-0.3, -0.25) is 14.7 Å². The van der Waals surface area contributed by atoms with Crippen molar-refractivity contribution in [3.8, 4) is 11.5 Å². The number of pyridine rings is 1. The van der Waals surface area contributed by atoms with E-state index in [0.717, 1.165) is 31.6 Å². The van der Waals surface area contributed by atoms with Crippen LogP contribution in [0.25, 0.3) is 0 Å². The van der Waals surface area contributed by atoms with Gasteiger partial charge >= 0.3 is 5.97 Å². The van der Waals surface area contributed by atoms with Gasteiger partial charge in [0.15, 0.2) is 11.5 Å². The van der Waals surface area contributed by atoms with E-state index in [-0.39, 0.29) is 11.9 Å². The van der Waals surface area contributed by atoms with Crippen molar-refractivity contribution >= 4 is 5.97 Å². The number of piperidine rings is 1. The highest BCUT2D eigenvalue weighted by atomic mass is 16.5. The molecule has 0 saturated carbocycles. The van der Waals surface area contributed by atoms with Crippen molar-refractivity contribution in [3.63, 3.8) is 0 Å². The van der Waals surface area contributed by atoms with Crippen molar-refractivity contribution in [2.45, 2.75) is 19.4 Å². The molecule has 1 aromatic rings. The summed E-state index contributed by atoms with van der Waals surface area (Å²) < 4.78 is 15.5.